The van der Waals surface area contributed by atoms with Crippen LogP contribution in [0, 0.1) is 0 Å². The van der Waals surface area contributed by atoms with E-state index in [-0.39, 0.29) is 10.8 Å². The van der Waals surface area contributed by atoms with Crippen molar-refractivity contribution in [2.24, 2.45) is 10.2 Å². The first kappa shape index (κ1) is 21.6. The van der Waals surface area contributed by atoms with Gasteiger partial charge in [-0.2, -0.15) is 5.10 Å². The minimum absolute atomic E-state index is 0.0498. The number of sulfonamides is 1. The molecule has 1 aliphatic rings. The van der Waals surface area contributed by atoms with Crippen LogP contribution in [0.3, 0.4) is 0 Å². The fourth-order valence-electron chi connectivity index (χ4n) is 3.40. The Bertz CT molecular complexity index is 1180. The van der Waals surface area contributed by atoms with E-state index in [1.807, 2.05) is 24.3 Å². The summed E-state index contributed by atoms with van der Waals surface area (Å²) in [5, 5.41) is 9.26. The fourth-order valence-corrected chi connectivity index (χ4v) is 3.91. The second kappa shape index (κ2) is 9.25. The van der Waals surface area contributed by atoms with E-state index in [1.165, 1.54) is 18.4 Å². The van der Waals surface area contributed by atoms with Gasteiger partial charge in [0.05, 0.1) is 23.1 Å². The van der Waals surface area contributed by atoms with Crippen molar-refractivity contribution in [3.05, 3.63) is 78.3 Å². The predicted octanol–water partition coefficient (Wildman–Crippen LogP) is 2.34. The average Bonchev–Trinajstić information content (AvgIpc) is 3.34. The lowest BCUT2D eigenvalue weighted by Gasteiger charge is -2.35. The van der Waals surface area contributed by atoms with Crippen molar-refractivity contribution in [1.82, 2.24) is 4.90 Å². The van der Waals surface area contributed by atoms with Crippen LogP contribution in [-0.2, 0) is 10.0 Å². The number of rotatable bonds is 6. The molecule has 166 valence electrons. The van der Waals surface area contributed by atoms with Crippen LogP contribution in [-0.4, -0.2) is 51.6 Å². The number of carbonyl (C=O) groups excluding carboxylic acids is 1. The van der Waals surface area contributed by atoms with E-state index in [4.69, 9.17) is 9.56 Å². The summed E-state index contributed by atoms with van der Waals surface area (Å²) in [7, 11) is -3.71. The third kappa shape index (κ3) is 5.16. The van der Waals surface area contributed by atoms with E-state index in [1.54, 1.807) is 35.4 Å². The highest BCUT2D eigenvalue weighted by Crippen LogP contribution is 2.18. The zero-order valence-corrected chi connectivity index (χ0v) is 18.0. The molecule has 32 heavy (non-hydrogen) atoms. The highest BCUT2D eigenvalue weighted by molar-refractivity contribution is 7.89. The zero-order valence-electron chi connectivity index (χ0n) is 17.2. The number of nitrogens with zero attached hydrogens (tertiary/aromatic N) is 3. The van der Waals surface area contributed by atoms with Gasteiger partial charge in [-0.3, -0.25) is 10.2 Å². The molecule has 1 saturated heterocycles. The second-order valence-corrected chi connectivity index (χ2v) is 8.85. The largest absolute Gasteiger partial charge is 0.459 e. The first-order valence-corrected chi connectivity index (χ1v) is 11.5. The van der Waals surface area contributed by atoms with Gasteiger partial charge in [0, 0.05) is 31.9 Å². The number of hydrogen-bond donors (Lipinski definition) is 2. The molecule has 0 saturated carbocycles. The molecule has 0 aliphatic carbocycles. The molecular formula is C22H23N5O4S. The first-order chi connectivity index (χ1) is 15.4. The van der Waals surface area contributed by atoms with Gasteiger partial charge < -0.3 is 14.2 Å². The van der Waals surface area contributed by atoms with Crippen molar-refractivity contribution >= 4 is 33.5 Å². The SMILES string of the molecule is NS(=O)(=O)c1ccc(N/N=C/c2ccc(N3CCN(C(=O)c4ccco4)CC3)cc2)cc1. The van der Waals surface area contributed by atoms with Crippen molar-refractivity contribution in [2.75, 3.05) is 36.5 Å². The van der Waals surface area contributed by atoms with Crippen LogP contribution in [0.15, 0.2) is 81.3 Å². The van der Waals surface area contributed by atoms with Gasteiger partial charge in [-0.1, -0.05) is 12.1 Å². The highest BCUT2D eigenvalue weighted by atomic mass is 32.2. The molecule has 1 aliphatic heterocycles. The number of nitrogens with two attached hydrogens (primary N) is 1. The van der Waals surface area contributed by atoms with E-state index < -0.39 is 10.0 Å². The minimum Gasteiger partial charge on any atom is -0.459 e. The molecular weight excluding hydrogens is 430 g/mol. The Morgan fingerprint density at radius 3 is 2.28 bits per heavy atom. The molecule has 0 bridgehead atoms. The molecule has 3 aromatic rings. The molecule has 0 atom stereocenters. The van der Waals surface area contributed by atoms with Gasteiger partial charge in [-0.25, -0.2) is 13.6 Å². The topological polar surface area (TPSA) is 121 Å². The van der Waals surface area contributed by atoms with Gasteiger partial charge in [0.1, 0.15) is 0 Å². The lowest BCUT2D eigenvalue weighted by Crippen LogP contribution is -2.48. The normalized spacial score (nSPS) is 14.7. The standard InChI is InChI=1S/C22H23N5O4S/c23-32(29,30)20-9-5-18(6-10-20)25-24-16-17-3-7-19(8-4-17)26-11-13-27(14-12-26)22(28)21-2-1-15-31-21/h1-10,15-16,25H,11-14H2,(H2,23,29,30)/b24-16+. The van der Waals surface area contributed by atoms with Crippen molar-refractivity contribution < 1.29 is 17.6 Å². The molecule has 10 heteroatoms. The summed E-state index contributed by atoms with van der Waals surface area (Å²) in [4.78, 5) is 16.5. The summed E-state index contributed by atoms with van der Waals surface area (Å²) < 4.78 is 27.8. The Kier molecular flexibility index (Phi) is 6.24. The molecule has 1 aromatic heterocycles. The summed E-state index contributed by atoms with van der Waals surface area (Å²) in [6.45, 7) is 2.76. The van der Waals surface area contributed by atoms with Crippen LogP contribution in [0.25, 0.3) is 0 Å². The van der Waals surface area contributed by atoms with Crippen LogP contribution >= 0.6 is 0 Å². The summed E-state index contributed by atoms with van der Waals surface area (Å²) >= 11 is 0. The van der Waals surface area contributed by atoms with E-state index in [9.17, 15) is 13.2 Å². The Morgan fingerprint density at radius 1 is 1.00 bits per heavy atom. The van der Waals surface area contributed by atoms with Gasteiger partial charge in [-0.05, 0) is 54.1 Å². The zero-order chi connectivity index (χ0) is 22.6. The molecule has 2 aromatic carbocycles. The molecule has 3 N–H and O–H groups in total. The maximum absolute atomic E-state index is 12.4. The number of benzene rings is 2. The van der Waals surface area contributed by atoms with Crippen molar-refractivity contribution in [3.63, 3.8) is 0 Å². The van der Waals surface area contributed by atoms with Gasteiger partial charge in [0.25, 0.3) is 5.91 Å². The monoisotopic (exact) mass is 453 g/mol. The number of furan rings is 1. The Hall–Kier alpha value is -3.63. The maximum atomic E-state index is 12.4. The third-order valence-electron chi connectivity index (χ3n) is 5.15. The molecule has 1 fully saturated rings. The Balaban J connectivity index is 1.29. The van der Waals surface area contributed by atoms with E-state index in [2.05, 4.69) is 15.4 Å². The molecule has 0 radical (unpaired) electrons. The average molecular weight is 454 g/mol. The van der Waals surface area contributed by atoms with Crippen LogP contribution < -0.4 is 15.5 Å². The minimum atomic E-state index is -3.71. The Morgan fingerprint density at radius 2 is 1.69 bits per heavy atom. The summed E-state index contributed by atoms with van der Waals surface area (Å²) in [6.07, 6.45) is 3.19. The van der Waals surface area contributed by atoms with Crippen LogP contribution in [0.5, 0.6) is 0 Å². The number of primary sulfonamides is 1. The summed E-state index contributed by atoms with van der Waals surface area (Å²) in [5.74, 6) is 0.295. The number of amides is 1. The molecule has 2 heterocycles. The quantitative estimate of drug-likeness (QED) is 0.436. The van der Waals surface area contributed by atoms with Gasteiger partial charge in [0.15, 0.2) is 5.76 Å². The second-order valence-electron chi connectivity index (χ2n) is 7.29. The fraction of sp³-hybridized carbons (Fsp3) is 0.182. The maximum Gasteiger partial charge on any atom is 0.289 e. The number of anilines is 2. The highest BCUT2D eigenvalue weighted by Gasteiger charge is 2.23. The van der Waals surface area contributed by atoms with Gasteiger partial charge in [-0.15, -0.1) is 0 Å². The number of hydrazone groups is 1. The van der Waals surface area contributed by atoms with Crippen molar-refractivity contribution in [1.29, 1.82) is 0 Å². The van der Waals surface area contributed by atoms with E-state index in [0.29, 0.717) is 24.5 Å². The number of nitrogens with one attached hydrogen (secondary N) is 1. The number of carbonyl (C=O) groups is 1. The lowest BCUT2D eigenvalue weighted by atomic mass is 10.2. The third-order valence-corrected chi connectivity index (χ3v) is 6.08. The molecule has 0 spiro atoms. The molecule has 9 nitrogen and oxygen atoms in total. The smallest absolute Gasteiger partial charge is 0.289 e. The molecule has 0 unspecified atom stereocenters. The summed E-state index contributed by atoms with van der Waals surface area (Å²) in [5.41, 5.74) is 5.49. The van der Waals surface area contributed by atoms with Gasteiger partial charge in [0.2, 0.25) is 10.0 Å². The lowest BCUT2D eigenvalue weighted by molar-refractivity contribution is 0.0714. The molecule has 1 amide bonds. The van der Waals surface area contributed by atoms with Crippen LogP contribution in [0.4, 0.5) is 11.4 Å². The number of hydrogen-bond acceptors (Lipinski definition) is 7. The van der Waals surface area contributed by atoms with Gasteiger partial charge >= 0.3 is 0 Å². The van der Waals surface area contributed by atoms with Crippen molar-refractivity contribution in [2.45, 2.75) is 4.90 Å². The van der Waals surface area contributed by atoms with E-state index >= 15 is 0 Å². The number of piperazine rings is 1. The van der Waals surface area contributed by atoms with Crippen molar-refractivity contribution in [3.8, 4) is 0 Å². The van der Waals surface area contributed by atoms with Crippen LogP contribution in [0.1, 0.15) is 16.1 Å². The summed E-state index contributed by atoms with van der Waals surface area (Å²) in [6, 6.07) is 17.4. The van der Waals surface area contributed by atoms with Crippen LogP contribution in [0.2, 0.25) is 0 Å². The Labute approximate surface area is 186 Å². The predicted molar refractivity (Wildman–Crippen MR) is 122 cm³/mol. The molecule has 4 rings (SSSR count). The first-order valence-electron chi connectivity index (χ1n) is 10.00. The van der Waals surface area contributed by atoms with E-state index in [0.717, 1.165) is 24.3 Å².